The highest BCUT2D eigenvalue weighted by Gasteiger charge is 2.46. The molecule has 3 rings (SSSR count). The summed E-state index contributed by atoms with van der Waals surface area (Å²) in [7, 11) is 0. The highest BCUT2D eigenvalue weighted by Crippen LogP contribution is 2.40. The van der Waals surface area contributed by atoms with Crippen molar-refractivity contribution in [2.24, 2.45) is 5.41 Å². The predicted molar refractivity (Wildman–Crippen MR) is 104 cm³/mol. The number of hydrogen-bond donors (Lipinski definition) is 0. The number of likely N-dealkylation sites (tertiary alicyclic amines) is 2. The average molecular weight is 379 g/mol. The van der Waals surface area contributed by atoms with Crippen LogP contribution in [-0.4, -0.2) is 53.6 Å². The zero-order valence-corrected chi connectivity index (χ0v) is 17.4. The number of nitrogens with zero attached hydrogens (tertiary/aromatic N) is 2. The number of rotatable bonds is 2. The fourth-order valence-corrected chi connectivity index (χ4v) is 5.07. The molecule has 144 valence electrons. The van der Waals surface area contributed by atoms with Gasteiger partial charge in [-0.1, -0.05) is 6.92 Å². The largest absolute Gasteiger partial charge is 0.444 e. The molecular formula is C20H30N2O3S. The molecule has 2 aliphatic heterocycles. The lowest BCUT2D eigenvalue weighted by Gasteiger charge is -2.27. The molecule has 1 unspecified atom stereocenters. The van der Waals surface area contributed by atoms with Crippen molar-refractivity contribution in [3.05, 3.63) is 21.4 Å². The Morgan fingerprint density at radius 2 is 1.81 bits per heavy atom. The van der Waals surface area contributed by atoms with E-state index in [0.29, 0.717) is 6.54 Å². The lowest BCUT2D eigenvalue weighted by molar-refractivity contribution is 0.0274. The van der Waals surface area contributed by atoms with E-state index in [2.05, 4.69) is 13.8 Å². The minimum atomic E-state index is -0.474. The summed E-state index contributed by atoms with van der Waals surface area (Å²) in [4.78, 5) is 31.2. The Morgan fingerprint density at radius 3 is 2.38 bits per heavy atom. The van der Waals surface area contributed by atoms with Gasteiger partial charge < -0.3 is 14.5 Å². The van der Waals surface area contributed by atoms with Crippen molar-refractivity contribution in [2.45, 2.75) is 59.5 Å². The third-order valence-electron chi connectivity index (χ3n) is 5.37. The average Bonchev–Trinajstić information content (AvgIpc) is 3.25. The van der Waals surface area contributed by atoms with Gasteiger partial charge in [0.05, 0.1) is 4.88 Å². The minimum Gasteiger partial charge on any atom is -0.444 e. The van der Waals surface area contributed by atoms with Gasteiger partial charge in [-0.05, 0) is 58.6 Å². The number of amides is 2. The smallest absolute Gasteiger partial charge is 0.410 e. The van der Waals surface area contributed by atoms with Gasteiger partial charge in [0, 0.05) is 36.5 Å². The minimum absolute atomic E-state index is 0.0342. The number of carbonyl (C=O) groups excluding carboxylic acids is 2. The lowest BCUT2D eigenvalue weighted by atomic mass is 9.86. The van der Waals surface area contributed by atoms with Crippen molar-refractivity contribution in [2.75, 3.05) is 26.2 Å². The number of aryl methyl sites for hydroxylation is 2. The van der Waals surface area contributed by atoms with Crippen LogP contribution in [-0.2, 0) is 11.2 Å². The topological polar surface area (TPSA) is 49.9 Å². The van der Waals surface area contributed by atoms with E-state index >= 15 is 0 Å². The first-order valence-electron chi connectivity index (χ1n) is 9.49. The fraction of sp³-hybridized carbons (Fsp3) is 0.700. The Morgan fingerprint density at radius 1 is 1.19 bits per heavy atom. The summed E-state index contributed by atoms with van der Waals surface area (Å²) in [5, 5.41) is 0. The Labute approximate surface area is 160 Å². The lowest BCUT2D eigenvalue weighted by Crippen LogP contribution is -2.38. The van der Waals surface area contributed by atoms with E-state index in [4.69, 9.17) is 4.74 Å². The summed E-state index contributed by atoms with van der Waals surface area (Å²) in [5.74, 6) is 0.144. The highest BCUT2D eigenvalue weighted by atomic mass is 32.1. The standard InChI is InChI=1S/C20H30N2O3S/c1-6-15-14(2)11-16(26-15)17(23)21-9-7-20(12-21)8-10-22(13-20)18(24)25-19(3,4)5/h11H,6-10,12-13H2,1-5H3. The Balaban J connectivity index is 1.63. The van der Waals surface area contributed by atoms with Crippen LogP contribution in [0.5, 0.6) is 0 Å². The molecule has 6 heteroatoms. The van der Waals surface area contributed by atoms with Crippen LogP contribution in [0.25, 0.3) is 0 Å². The molecule has 0 bridgehead atoms. The molecule has 3 heterocycles. The summed E-state index contributed by atoms with van der Waals surface area (Å²) in [6.07, 6.45) is 2.64. The van der Waals surface area contributed by atoms with E-state index in [-0.39, 0.29) is 17.4 Å². The highest BCUT2D eigenvalue weighted by molar-refractivity contribution is 7.14. The third-order valence-corrected chi connectivity index (χ3v) is 6.74. The number of thiophene rings is 1. The van der Waals surface area contributed by atoms with Crippen LogP contribution in [0.1, 0.15) is 60.6 Å². The quantitative estimate of drug-likeness (QED) is 0.779. The van der Waals surface area contributed by atoms with E-state index < -0.39 is 5.60 Å². The van der Waals surface area contributed by atoms with Gasteiger partial charge in [0.15, 0.2) is 0 Å². The van der Waals surface area contributed by atoms with Crippen molar-refractivity contribution in [3.8, 4) is 0 Å². The monoisotopic (exact) mass is 378 g/mol. The van der Waals surface area contributed by atoms with Gasteiger partial charge in [-0.3, -0.25) is 4.79 Å². The summed E-state index contributed by atoms with van der Waals surface area (Å²) in [5.41, 5.74) is 0.775. The summed E-state index contributed by atoms with van der Waals surface area (Å²) < 4.78 is 5.50. The van der Waals surface area contributed by atoms with E-state index in [0.717, 1.165) is 43.8 Å². The molecule has 0 saturated carbocycles. The molecule has 0 radical (unpaired) electrons. The Kier molecular flexibility index (Phi) is 5.08. The first kappa shape index (κ1) is 19.2. The molecule has 1 atom stereocenters. The van der Waals surface area contributed by atoms with Gasteiger partial charge >= 0.3 is 6.09 Å². The summed E-state index contributed by atoms with van der Waals surface area (Å²) in [6, 6.07) is 2.03. The first-order chi connectivity index (χ1) is 12.1. The molecule has 1 spiro atoms. The normalized spacial score (nSPS) is 23.1. The van der Waals surface area contributed by atoms with Crippen molar-refractivity contribution >= 4 is 23.3 Å². The van der Waals surface area contributed by atoms with Crippen molar-refractivity contribution < 1.29 is 14.3 Å². The van der Waals surface area contributed by atoms with Gasteiger partial charge in [-0.25, -0.2) is 4.79 Å². The van der Waals surface area contributed by atoms with Crippen LogP contribution in [0.3, 0.4) is 0 Å². The molecule has 2 saturated heterocycles. The predicted octanol–water partition coefficient (Wildman–Crippen LogP) is 4.09. The molecule has 2 fully saturated rings. The van der Waals surface area contributed by atoms with Gasteiger partial charge in [-0.15, -0.1) is 11.3 Å². The van der Waals surface area contributed by atoms with Crippen LogP contribution in [0.4, 0.5) is 4.79 Å². The molecule has 0 aliphatic carbocycles. The van der Waals surface area contributed by atoms with Gasteiger partial charge in [-0.2, -0.15) is 0 Å². The van der Waals surface area contributed by atoms with Crippen LogP contribution in [0.2, 0.25) is 0 Å². The molecule has 0 aromatic carbocycles. The van der Waals surface area contributed by atoms with Crippen molar-refractivity contribution in [1.82, 2.24) is 9.80 Å². The Bertz CT molecular complexity index is 706. The molecule has 5 nitrogen and oxygen atoms in total. The maximum absolute atomic E-state index is 12.9. The van der Waals surface area contributed by atoms with E-state index in [1.807, 2.05) is 36.6 Å². The fourth-order valence-electron chi connectivity index (χ4n) is 3.99. The third kappa shape index (κ3) is 3.90. The molecule has 1 aromatic rings. The molecule has 0 N–H and O–H groups in total. The molecule has 2 aliphatic rings. The Hall–Kier alpha value is -1.56. The van der Waals surface area contributed by atoms with Crippen LogP contribution in [0, 0.1) is 12.3 Å². The second-order valence-corrected chi connectivity index (χ2v) is 9.84. The SMILES string of the molecule is CCc1sc(C(=O)N2CCC3(CCN(C(=O)OC(C)(C)C)C3)C2)cc1C. The maximum atomic E-state index is 12.9. The van der Waals surface area contributed by atoms with E-state index in [9.17, 15) is 9.59 Å². The number of carbonyl (C=O) groups is 2. The molecule has 1 aromatic heterocycles. The van der Waals surface area contributed by atoms with Crippen molar-refractivity contribution in [1.29, 1.82) is 0 Å². The zero-order chi connectivity index (χ0) is 19.1. The van der Waals surface area contributed by atoms with Crippen LogP contribution >= 0.6 is 11.3 Å². The zero-order valence-electron chi connectivity index (χ0n) is 16.6. The van der Waals surface area contributed by atoms with Crippen molar-refractivity contribution in [3.63, 3.8) is 0 Å². The first-order valence-corrected chi connectivity index (χ1v) is 10.3. The second kappa shape index (κ2) is 6.87. The van der Waals surface area contributed by atoms with Gasteiger partial charge in [0.25, 0.3) is 5.91 Å². The van der Waals surface area contributed by atoms with E-state index in [1.54, 1.807) is 11.3 Å². The number of ether oxygens (including phenoxy) is 1. The summed E-state index contributed by atoms with van der Waals surface area (Å²) >= 11 is 1.62. The summed E-state index contributed by atoms with van der Waals surface area (Å²) in [6.45, 7) is 12.8. The van der Waals surface area contributed by atoms with Crippen LogP contribution in [0.15, 0.2) is 6.07 Å². The van der Waals surface area contributed by atoms with E-state index in [1.165, 1.54) is 10.4 Å². The molecule has 2 amide bonds. The molecule has 26 heavy (non-hydrogen) atoms. The van der Waals surface area contributed by atoms with Crippen LogP contribution < -0.4 is 0 Å². The second-order valence-electron chi connectivity index (χ2n) is 8.70. The molecular weight excluding hydrogens is 348 g/mol. The van der Waals surface area contributed by atoms with Gasteiger partial charge in [0.1, 0.15) is 5.60 Å². The number of hydrogen-bond acceptors (Lipinski definition) is 4. The maximum Gasteiger partial charge on any atom is 0.410 e. The van der Waals surface area contributed by atoms with Gasteiger partial charge in [0.2, 0.25) is 0 Å².